The smallest absolute Gasteiger partial charge is 0.400 e. The maximum absolute atomic E-state index is 6.62. The zero-order valence-electron chi connectivity index (χ0n) is 13.5. The minimum absolute atomic E-state index is 0.262. The predicted molar refractivity (Wildman–Crippen MR) is 87.0 cm³/mol. The van der Waals surface area contributed by atoms with Crippen molar-refractivity contribution in [3.05, 3.63) is 11.2 Å². The molecule has 0 atom stereocenters. The van der Waals surface area contributed by atoms with Crippen LogP contribution in [0.5, 0.6) is 0 Å². The van der Waals surface area contributed by atoms with Gasteiger partial charge in [0.05, 0.1) is 11.2 Å². The van der Waals surface area contributed by atoms with Crippen molar-refractivity contribution < 1.29 is 9.31 Å². The van der Waals surface area contributed by atoms with E-state index in [0.29, 0.717) is 0 Å². The lowest BCUT2D eigenvalue weighted by Gasteiger charge is -2.32. The highest BCUT2D eigenvalue weighted by Gasteiger charge is 2.50. The molecular weight excluding hydrogens is 275 g/mol. The molecule has 0 saturated carbocycles. The van der Waals surface area contributed by atoms with Crippen molar-refractivity contribution in [2.45, 2.75) is 78.2 Å². The molecule has 5 heteroatoms. The molecule has 1 fully saturated rings. The number of rotatable bonds is 5. The van der Waals surface area contributed by atoms with Gasteiger partial charge in [-0.05, 0) is 34.1 Å². The van der Waals surface area contributed by atoms with Crippen LogP contribution in [0.4, 0.5) is 0 Å². The van der Waals surface area contributed by atoms with Crippen molar-refractivity contribution in [3.8, 4) is 0 Å². The summed E-state index contributed by atoms with van der Waals surface area (Å²) in [6, 6.07) is 0. The Morgan fingerprint density at radius 3 is 2.00 bits per heavy atom. The lowest BCUT2D eigenvalue weighted by Crippen LogP contribution is -2.41. The Kier molecular flexibility index (Phi) is 5.39. The monoisotopic (exact) mass is 302 g/mol. The molecule has 0 aromatic carbocycles. The molecule has 19 heavy (non-hydrogen) atoms. The molecule has 0 unspecified atom stereocenters. The van der Waals surface area contributed by atoms with E-state index in [1.807, 2.05) is 0 Å². The minimum Gasteiger partial charge on any atom is -0.400 e. The van der Waals surface area contributed by atoms with E-state index in [1.165, 1.54) is 18.0 Å². The van der Waals surface area contributed by atoms with Crippen molar-refractivity contribution in [1.82, 2.24) is 0 Å². The third-order valence-electron chi connectivity index (χ3n) is 4.17. The van der Waals surface area contributed by atoms with E-state index >= 15 is 0 Å². The van der Waals surface area contributed by atoms with Gasteiger partial charge in [-0.2, -0.15) is 11.1 Å². The second-order valence-corrected chi connectivity index (χ2v) is 13.3. The fraction of sp³-hybridized carbons (Fsp3) is 0.857. The second kappa shape index (κ2) is 5.92. The molecule has 0 amide bonds. The van der Waals surface area contributed by atoms with Gasteiger partial charge in [0.2, 0.25) is 0 Å². The van der Waals surface area contributed by atoms with Gasteiger partial charge < -0.3 is 9.31 Å². The molecule has 1 saturated heterocycles. The van der Waals surface area contributed by atoms with Gasteiger partial charge in [0.1, 0.15) is 0 Å². The first kappa shape index (κ1) is 17.3. The molecule has 0 aromatic rings. The van der Waals surface area contributed by atoms with E-state index in [9.17, 15) is 0 Å². The summed E-state index contributed by atoms with van der Waals surface area (Å²) in [5.41, 5.74) is -0.551. The average Bonchev–Trinajstić information content (AvgIpc) is 2.40. The number of hydrogen-bond donors (Lipinski definition) is 0. The maximum atomic E-state index is 6.62. The highest BCUT2D eigenvalue weighted by molar-refractivity contribution is 7.23. The molecule has 1 aliphatic heterocycles. The molecule has 1 aliphatic rings. The summed E-state index contributed by atoms with van der Waals surface area (Å²) in [4.78, 5) is 0. The summed E-state index contributed by atoms with van der Waals surface area (Å²) in [5, 5.41) is 1.34. The summed E-state index contributed by atoms with van der Waals surface area (Å²) in [6.07, 6.45) is 3.42. The molecule has 1 rings (SSSR count). The number of allylic oxidation sites excluding steroid dienone is 1. The molecule has 110 valence electrons. The third-order valence-corrected chi connectivity index (χ3v) is 6.84. The van der Waals surface area contributed by atoms with Gasteiger partial charge in [-0.1, -0.05) is 44.0 Å². The molecule has 0 radical (unpaired) electrons. The lowest BCUT2D eigenvalue weighted by molar-refractivity contribution is 0.00578. The molecule has 0 aliphatic carbocycles. The first-order valence-corrected chi connectivity index (χ1v) is 11.3. The summed E-state index contributed by atoms with van der Waals surface area (Å²) in [5.74, 6) is 2.13. The van der Waals surface area contributed by atoms with E-state index in [1.54, 1.807) is 0 Å². The van der Waals surface area contributed by atoms with Gasteiger partial charge in [-0.3, -0.25) is 0 Å². The zero-order chi connectivity index (χ0) is 14.9. The molecular formula is C14H28BClO2Si. The SMILES string of the molecule is CCCC/C(=C\B1OC(C)(C)C(C)(C)O1)[Si](C)(C)Cl. The molecule has 0 N–H and O–H groups in total. The molecule has 0 spiro atoms. The van der Waals surface area contributed by atoms with E-state index in [0.717, 1.165) is 6.42 Å². The van der Waals surface area contributed by atoms with Crippen LogP contribution >= 0.6 is 11.1 Å². The highest BCUT2D eigenvalue weighted by atomic mass is 35.6. The van der Waals surface area contributed by atoms with E-state index in [2.05, 4.69) is 53.7 Å². The van der Waals surface area contributed by atoms with Gasteiger partial charge >= 0.3 is 7.12 Å². The van der Waals surface area contributed by atoms with Gasteiger partial charge in [0, 0.05) is 0 Å². The van der Waals surface area contributed by atoms with Gasteiger partial charge in [0.15, 0.2) is 7.38 Å². The summed E-state index contributed by atoms with van der Waals surface area (Å²) in [6.45, 7) is 14.9. The Bertz CT molecular complexity index is 332. The summed E-state index contributed by atoms with van der Waals surface area (Å²) < 4.78 is 12.1. The maximum Gasteiger partial charge on any atom is 0.486 e. The van der Waals surface area contributed by atoms with E-state index < -0.39 is 7.38 Å². The van der Waals surface area contributed by atoms with Crippen LogP contribution in [0.1, 0.15) is 53.9 Å². The fourth-order valence-electron chi connectivity index (χ4n) is 2.07. The summed E-state index contributed by atoms with van der Waals surface area (Å²) >= 11 is 6.62. The predicted octanol–water partition coefficient (Wildman–Crippen LogP) is 4.72. The largest absolute Gasteiger partial charge is 0.486 e. The Morgan fingerprint density at radius 2 is 1.63 bits per heavy atom. The normalized spacial score (nSPS) is 22.9. The zero-order valence-corrected chi connectivity index (χ0v) is 15.2. The number of unbranched alkanes of at least 4 members (excludes halogenated alkanes) is 1. The third kappa shape index (κ3) is 4.35. The quantitative estimate of drug-likeness (QED) is 0.540. The second-order valence-electron chi connectivity index (χ2n) is 6.89. The topological polar surface area (TPSA) is 18.5 Å². The van der Waals surface area contributed by atoms with Gasteiger partial charge in [0.25, 0.3) is 0 Å². The van der Waals surface area contributed by atoms with Crippen molar-refractivity contribution >= 4 is 25.6 Å². The first-order valence-electron chi connectivity index (χ1n) is 7.25. The fourth-order valence-corrected chi connectivity index (χ4v) is 3.84. The van der Waals surface area contributed by atoms with E-state index in [-0.39, 0.29) is 18.3 Å². The molecule has 0 bridgehead atoms. The van der Waals surface area contributed by atoms with Crippen LogP contribution in [0.2, 0.25) is 13.1 Å². The van der Waals surface area contributed by atoms with Crippen molar-refractivity contribution in [2.24, 2.45) is 0 Å². The Hall–Kier alpha value is 0.232. The van der Waals surface area contributed by atoms with Crippen molar-refractivity contribution in [2.75, 3.05) is 0 Å². The average molecular weight is 303 g/mol. The number of hydrogen-bond acceptors (Lipinski definition) is 2. The van der Waals surface area contributed by atoms with Gasteiger partial charge in [-0.15, -0.1) is 0 Å². The van der Waals surface area contributed by atoms with Crippen LogP contribution in [-0.4, -0.2) is 25.7 Å². The Morgan fingerprint density at radius 1 is 1.16 bits per heavy atom. The van der Waals surface area contributed by atoms with Crippen LogP contribution in [0.25, 0.3) is 0 Å². The lowest BCUT2D eigenvalue weighted by atomic mass is 9.89. The molecule has 2 nitrogen and oxygen atoms in total. The molecule has 0 aromatic heterocycles. The number of halogens is 1. The Labute approximate surface area is 124 Å². The van der Waals surface area contributed by atoms with Crippen LogP contribution in [-0.2, 0) is 9.31 Å². The standard InChI is InChI=1S/C14H28BClO2Si/c1-8-9-10-12(19(6,7)16)11-15-17-13(2,3)14(4,5)18-15/h11H,8-10H2,1-7H3/b12-11+. The van der Waals surface area contributed by atoms with Crippen LogP contribution in [0, 0.1) is 0 Å². The minimum atomic E-state index is -1.81. The Balaban J connectivity index is 2.87. The highest BCUT2D eigenvalue weighted by Crippen LogP contribution is 2.38. The van der Waals surface area contributed by atoms with E-state index in [4.69, 9.17) is 20.4 Å². The van der Waals surface area contributed by atoms with Crippen molar-refractivity contribution in [3.63, 3.8) is 0 Å². The van der Waals surface area contributed by atoms with Crippen LogP contribution in [0.3, 0.4) is 0 Å². The summed E-state index contributed by atoms with van der Waals surface area (Å²) in [7, 11) is -2.07. The van der Waals surface area contributed by atoms with Crippen molar-refractivity contribution in [1.29, 1.82) is 0 Å². The first-order chi connectivity index (χ1) is 8.49. The van der Waals surface area contributed by atoms with Gasteiger partial charge in [-0.25, -0.2) is 0 Å². The van der Waals surface area contributed by atoms with Crippen LogP contribution in [0.15, 0.2) is 11.2 Å². The molecule has 1 heterocycles. The van der Waals surface area contributed by atoms with Crippen LogP contribution < -0.4 is 0 Å².